The van der Waals surface area contributed by atoms with Gasteiger partial charge >= 0.3 is 6.03 Å². The van der Waals surface area contributed by atoms with Gasteiger partial charge in [0.25, 0.3) is 5.91 Å². The number of rotatable bonds is 5. The van der Waals surface area contributed by atoms with E-state index in [0.29, 0.717) is 38.4 Å². The fourth-order valence-corrected chi connectivity index (χ4v) is 3.79. The number of carbonyl (C=O) groups is 2. The first-order chi connectivity index (χ1) is 16.3. The minimum absolute atomic E-state index is 0.0782. The van der Waals surface area contributed by atoms with Gasteiger partial charge in [-0.3, -0.25) is 4.79 Å². The van der Waals surface area contributed by atoms with Crippen LogP contribution < -0.4 is 10.6 Å². The van der Waals surface area contributed by atoms with E-state index in [2.05, 4.69) is 31.3 Å². The Morgan fingerprint density at radius 2 is 1.56 bits per heavy atom. The quantitative estimate of drug-likeness (QED) is 0.352. The van der Waals surface area contributed by atoms with Crippen LogP contribution in [-0.2, 0) is 0 Å². The summed E-state index contributed by atoms with van der Waals surface area (Å²) in [7, 11) is 3.41. The second-order valence-electron chi connectivity index (χ2n) is 7.51. The van der Waals surface area contributed by atoms with Gasteiger partial charge in [0.05, 0.1) is 5.69 Å². The van der Waals surface area contributed by atoms with Crippen molar-refractivity contribution in [3.05, 3.63) is 76.3 Å². The summed E-state index contributed by atoms with van der Waals surface area (Å²) in [4.78, 5) is 26.3. The van der Waals surface area contributed by atoms with E-state index < -0.39 is 6.03 Å². The van der Waals surface area contributed by atoms with Crippen molar-refractivity contribution in [1.29, 1.82) is 0 Å². The molecule has 0 radical (unpaired) electrons. The van der Waals surface area contributed by atoms with E-state index in [1.54, 1.807) is 50.5 Å². The van der Waals surface area contributed by atoms with Crippen molar-refractivity contribution in [2.24, 2.45) is 0 Å². The van der Waals surface area contributed by atoms with E-state index in [9.17, 15) is 9.59 Å². The summed E-state index contributed by atoms with van der Waals surface area (Å²) >= 11 is 12.0. The minimum atomic E-state index is -0.498. The molecule has 34 heavy (non-hydrogen) atoms. The van der Waals surface area contributed by atoms with Gasteiger partial charge in [-0.15, -0.1) is 10.2 Å². The molecule has 0 fully saturated rings. The number of hydrogen-bond acceptors (Lipinski definition) is 5. The predicted molar refractivity (Wildman–Crippen MR) is 132 cm³/mol. The van der Waals surface area contributed by atoms with E-state index >= 15 is 0 Å². The molecule has 3 N–H and O–H groups in total. The molecule has 4 rings (SSSR count). The fourth-order valence-electron chi connectivity index (χ4n) is 3.27. The van der Waals surface area contributed by atoms with Gasteiger partial charge in [-0.05, 0) is 58.8 Å². The smallest absolute Gasteiger partial charge is 0.323 e. The van der Waals surface area contributed by atoms with Crippen LogP contribution in [0.1, 0.15) is 10.4 Å². The Bertz CT molecular complexity index is 1320. The highest BCUT2D eigenvalue weighted by Gasteiger charge is 2.15. The van der Waals surface area contributed by atoms with Crippen LogP contribution in [0.2, 0.25) is 10.0 Å². The van der Waals surface area contributed by atoms with Crippen molar-refractivity contribution in [3.8, 4) is 22.5 Å². The zero-order valence-electron chi connectivity index (χ0n) is 18.1. The van der Waals surface area contributed by atoms with Crippen LogP contribution in [-0.4, -0.2) is 51.6 Å². The highest BCUT2D eigenvalue weighted by Crippen LogP contribution is 2.31. The van der Waals surface area contributed by atoms with Crippen molar-refractivity contribution in [3.63, 3.8) is 0 Å². The first-order valence-corrected chi connectivity index (χ1v) is 10.8. The van der Waals surface area contributed by atoms with Crippen LogP contribution in [0.4, 0.5) is 16.2 Å². The highest BCUT2D eigenvalue weighted by molar-refractivity contribution is 6.35. The number of benzene rings is 3. The van der Waals surface area contributed by atoms with Gasteiger partial charge in [-0.1, -0.05) is 41.4 Å². The minimum Gasteiger partial charge on any atom is -0.345 e. The molecule has 9 nitrogen and oxygen atoms in total. The van der Waals surface area contributed by atoms with Gasteiger partial charge in [0.2, 0.25) is 5.82 Å². The number of aromatic nitrogens is 4. The molecule has 3 amide bonds. The third-order valence-electron chi connectivity index (χ3n) is 4.85. The lowest BCUT2D eigenvalue weighted by molar-refractivity contribution is 0.0827. The number of tetrazole rings is 1. The highest BCUT2D eigenvalue weighted by atomic mass is 35.5. The summed E-state index contributed by atoms with van der Waals surface area (Å²) < 4.78 is 0. The summed E-state index contributed by atoms with van der Waals surface area (Å²) in [5, 5.41) is 20.4. The van der Waals surface area contributed by atoms with Crippen LogP contribution in [0, 0.1) is 0 Å². The Labute approximate surface area is 205 Å². The third kappa shape index (κ3) is 5.33. The first kappa shape index (κ1) is 23.2. The van der Waals surface area contributed by atoms with Crippen molar-refractivity contribution in [2.45, 2.75) is 0 Å². The fraction of sp³-hybridized carbons (Fsp3) is 0.0870. The molecule has 0 saturated carbocycles. The van der Waals surface area contributed by atoms with E-state index in [1.807, 2.05) is 24.3 Å². The van der Waals surface area contributed by atoms with Crippen molar-refractivity contribution >= 4 is 46.5 Å². The molecule has 0 aliphatic rings. The molecule has 0 saturated heterocycles. The molecule has 0 spiro atoms. The Hall–Kier alpha value is -3.95. The number of amides is 3. The van der Waals surface area contributed by atoms with Crippen LogP contribution in [0.5, 0.6) is 0 Å². The maximum Gasteiger partial charge on any atom is 0.323 e. The molecule has 0 atom stereocenters. The van der Waals surface area contributed by atoms with Crippen molar-refractivity contribution < 1.29 is 9.59 Å². The lowest BCUT2D eigenvalue weighted by Gasteiger charge is -2.13. The number of urea groups is 1. The zero-order chi connectivity index (χ0) is 24.2. The van der Waals surface area contributed by atoms with E-state index in [0.717, 1.165) is 11.1 Å². The van der Waals surface area contributed by atoms with Crippen LogP contribution in [0.25, 0.3) is 22.5 Å². The molecule has 1 aromatic heterocycles. The van der Waals surface area contributed by atoms with Gasteiger partial charge in [-0.25, -0.2) is 4.79 Å². The Kier molecular flexibility index (Phi) is 6.76. The van der Waals surface area contributed by atoms with Gasteiger partial charge in [0.1, 0.15) is 0 Å². The van der Waals surface area contributed by atoms with Crippen molar-refractivity contribution in [1.82, 2.24) is 25.5 Å². The monoisotopic (exact) mass is 495 g/mol. The third-order valence-corrected chi connectivity index (χ3v) is 5.28. The molecule has 4 aromatic rings. The van der Waals surface area contributed by atoms with Crippen LogP contribution in [0.3, 0.4) is 0 Å². The van der Waals surface area contributed by atoms with Gasteiger partial charge < -0.3 is 15.5 Å². The van der Waals surface area contributed by atoms with E-state index in [1.165, 1.54) is 4.90 Å². The van der Waals surface area contributed by atoms with Crippen LogP contribution >= 0.6 is 23.2 Å². The number of anilines is 2. The molecule has 0 bridgehead atoms. The molecule has 172 valence electrons. The summed E-state index contributed by atoms with van der Waals surface area (Å²) in [6.45, 7) is 0. The number of nitrogens with one attached hydrogen (secondary N) is 3. The predicted octanol–water partition coefficient (Wildman–Crippen LogP) is 5.19. The number of carbonyl (C=O) groups excluding carboxylic acids is 2. The SMILES string of the molecule is CN(C)C(=O)c1ccc(-c2ccc(NC(=O)Nc3cc(Cl)cc(Cl)c3)c(-c3nn[nH]n3)c2)cc1. The summed E-state index contributed by atoms with van der Waals surface area (Å²) in [5.41, 5.74) is 3.78. The second kappa shape index (κ2) is 9.90. The Morgan fingerprint density at radius 1 is 0.882 bits per heavy atom. The maximum absolute atomic E-state index is 12.6. The standard InChI is InChI=1S/C23H19Cl2N7O2/c1-32(2)22(33)14-5-3-13(4-6-14)15-7-8-20(19(9-15)21-28-30-31-29-21)27-23(34)26-18-11-16(24)10-17(25)12-18/h3-12H,1-2H3,(H2,26,27,34)(H,28,29,30,31). The molecule has 0 unspecified atom stereocenters. The molecule has 0 aliphatic heterocycles. The summed E-state index contributed by atoms with van der Waals surface area (Å²) in [6, 6.07) is 16.9. The molecular formula is C23H19Cl2N7O2. The topological polar surface area (TPSA) is 116 Å². The summed E-state index contributed by atoms with van der Waals surface area (Å²) in [6.07, 6.45) is 0. The number of halogens is 2. The zero-order valence-corrected chi connectivity index (χ0v) is 19.6. The molecule has 11 heteroatoms. The number of aromatic amines is 1. The first-order valence-electron chi connectivity index (χ1n) is 10.0. The lowest BCUT2D eigenvalue weighted by Crippen LogP contribution is -2.21. The Morgan fingerprint density at radius 3 is 2.18 bits per heavy atom. The maximum atomic E-state index is 12.6. The molecule has 0 aliphatic carbocycles. The molecule has 1 heterocycles. The Balaban J connectivity index is 1.61. The largest absolute Gasteiger partial charge is 0.345 e. The average molecular weight is 496 g/mol. The lowest BCUT2D eigenvalue weighted by atomic mass is 10.00. The number of nitrogens with zero attached hydrogens (tertiary/aromatic N) is 4. The van der Waals surface area contributed by atoms with E-state index in [-0.39, 0.29) is 5.91 Å². The summed E-state index contributed by atoms with van der Waals surface area (Å²) in [5.74, 6) is 0.230. The van der Waals surface area contributed by atoms with Gasteiger partial charge in [0.15, 0.2) is 0 Å². The molecule has 3 aromatic carbocycles. The van der Waals surface area contributed by atoms with Crippen molar-refractivity contribution in [2.75, 3.05) is 24.7 Å². The number of hydrogen-bond donors (Lipinski definition) is 3. The van der Waals surface area contributed by atoms with Gasteiger partial charge in [-0.2, -0.15) is 5.21 Å². The molecular weight excluding hydrogens is 477 g/mol. The average Bonchev–Trinajstić information content (AvgIpc) is 3.33. The normalized spacial score (nSPS) is 10.6. The van der Waals surface area contributed by atoms with Crippen LogP contribution in [0.15, 0.2) is 60.7 Å². The number of H-pyrrole nitrogens is 1. The van der Waals surface area contributed by atoms with Gasteiger partial charge in [0, 0.05) is 41.0 Å². The second-order valence-corrected chi connectivity index (χ2v) is 8.38. The van der Waals surface area contributed by atoms with E-state index in [4.69, 9.17) is 23.2 Å².